The number of carbonyl (C=O) groups excluding carboxylic acids is 1. The lowest BCUT2D eigenvalue weighted by molar-refractivity contribution is 0.0992. The van der Waals surface area contributed by atoms with E-state index in [2.05, 4.69) is 43.3 Å². The highest BCUT2D eigenvalue weighted by Crippen LogP contribution is 2.25. The van der Waals surface area contributed by atoms with Crippen molar-refractivity contribution >= 4 is 11.6 Å². The standard InChI is InChI=1S/C22H27N3O3/c1-6-25-15(2)19(13-23-25)24-21(26)20-12-11-18(28-20)14-27-17-9-7-16(8-10-17)22(3,4)5/h7-13H,6,14H2,1-5H3,(H,24,26). The normalized spacial score (nSPS) is 11.5. The lowest BCUT2D eigenvalue weighted by Crippen LogP contribution is -2.11. The summed E-state index contributed by atoms with van der Waals surface area (Å²) in [5.41, 5.74) is 2.94. The van der Waals surface area contributed by atoms with Crippen LogP contribution in [-0.4, -0.2) is 15.7 Å². The van der Waals surface area contributed by atoms with Crippen LogP contribution in [0.3, 0.4) is 0 Å². The number of hydrogen-bond donors (Lipinski definition) is 1. The Bertz CT molecular complexity index is 946. The molecule has 0 fully saturated rings. The number of nitrogens with zero attached hydrogens (tertiary/aromatic N) is 2. The van der Waals surface area contributed by atoms with E-state index in [1.165, 1.54) is 5.56 Å². The summed E-state index contributed by atoms with van der Waals surface area (Å²) < 4.78 is 13.2. The molecular formula is C22H27N3O3. The van der Waals surface area contributed by atoms with Gasteiger partial charge in [0.25, 0.3) is 5.91 Å². The second-order valence-corrected chi connectivity index (χ2v) is 7.74. The minimum absolute atomic E-state index is 0.105. The average Bonchev–Trinajstić information content (AvgIpc) is 3.27. The molecule has 1 amide bonds. The molecule has 1 aromatic carbocycles. The van der Waals surface area contributed by atoms with Crippen molar-refractivity contribution in [3.8, 4) is 5.75 Å². The minimum atomic E-state index is -0.306. The van der Waals surface area contributed by atoms with Gasteiger partial charge in [-0.3, -0.25) is 9.48 Å². The summed E-state index contributed by atoms with van der Waals surface area (Å²) >= 11 is 0. The van der Waals surface area contributed by atoms with Crippen LogP contribution in [0.25, 0.3) is 0 Å². The maximum absolute atomic E-state index is 12.4. The van der Waals surface area contributed by atoms with Crippen LogP contribution in [0.15, 0.2) is 47.0 Å². The Morgan fingerprint density at radius 1 is 1.18 bits per heavy atom. The third-order valence-electron chi connectivity index (χ3n) is 4.64. The maximum atomic E-state index is 12.4. The van der Waals surface area contributed by atoms with Gasteiger partial charge in [-0.1, -0.05) is 32.9 Å². The topological polar surface area (TPSA) is 69.3 Å². The van der Waals surface area contributed by atoms with E-state index in [1.54, 1.807) is 18.3 Å². The second kappa shape index (κ2) is 7.92. The summed E-state index contributed by atoms with van der Waals surface area (Å²) in [7, 11) is 0. The molecule has 1 N–H and O–H groups in total. The van der Waals surface area contributed by atoms with E-state index in [9.17, 15) is 4.79 Å². The Balaban J connectivity index is 1.59. The first-order chi connectivity index (χ1) is 13.3. The number of ether oxygens (including phenoxy) is 1. The minimum Gasteiger partial charge on any atom is -0.486 e. The largest absolute Gasteiger partial charge is 0.486 e. The molecular weight excluding hydrogens is 354 g/mol. The summed E-state index contributed by atoms with van der Waals surface area (Å²) in [5, 5.41) is 7.05. The Morgan fingerprint density at radius 2 is 1.89 bits per heavy atom. The van der Waals surface area contributed by atoms with Crippen molar-refractivity contribution in [2.75, 3.05) is 5.32 Å². The SMILES string of the molecule is CCn1ncc(NC(=O)c2ccc(COc3ccc(C(C)(C)C)cc3)o2)c1C. The number of benzene rings is 1. The lowest BCUT2D eigenvalue weighted by Gasteiger charge is -2.19. The molecule has 0 atom stereocenters. The van der Waals surface area contributed by atoms with Crippen LogP contribution in [0, 0.1) is 6.92 Å². The molecule has 0 spiro atoms. The molecule has 6 nitrogen and oxygen atoms in total. The van der Waals surface area contributed by atoms with Gasteiger partial charge in [-0.2, -0.15) is 5.10 Å². The van der Waals surface area contributed by atoms with E-state index < -0.39 is 0 Å². The second-order valence-electron chi connectivity index (χ2n) is 7.74. The molecule has 0 saturated carbocycles. The summed E-state index contributed by atoms with van der Waals surface area (Å²) in [5.74, 6) is 1.29. The van der Waals surface area contributed by atoms with Crippen LogP contribution < -0.4 is 10.1 Å². The Kier molecular flexibility index (Phi) is 5.58. The van der Waals surface area contributed by atoms with Gasteiger partial charge < -0.3 is 14.5 Å². The zero-order valence-electron chi connectivity index (χ0n) is 17.1. The van der Waals surface area contributed by atoms with Gasteiger partial charge >= 0.3 is 0 Å². The fourth-order valence-corrected chi connectivity index (χ4v) is 2.86. The van der Waals surface area contributed by atoms with E-state index in [-0.39, 0.29) is 23.7 Å². The highest BCUT2D eigenvalue weighted by atomic mass is 16.5. The molecule has 0 unspecified atom stereocenters. The molecule has 3 rings (SSSR count). The zero-order valence-corrected chi connectivity index (χ0v) is 17.1. The third-order valence-corrected chi connectivity index (χ3v) is 4.64. The van der Waals surface area contributed by atoms with Gasteiger partial charge in [0.15, 0.2) is 5.76 Å². The molecule has 0 saturated heterocycles. The number of aromatic nitrogens is 2. The molecule has 0 radical (unpaired) electrons. The fraction of sp³-hybridized carbons (Fsp3) is 0.364. The van der Waals surface area contributed by atoms with Gasteiger partial charge in [-0.15, -0.1) is 0 Å². The summed E-state index contributed by atoms with van der Waals surface area (Å²) in [6.45, 7) is 11.4. The first-order valence-corrected chi connectivity index (χ1v) is 9.43. The van der Waals surface area contributed by atoms with Gasteiger partial charge in [0.1, 0.15) is 18.1 Å². The number of rotatable bonds is 6. The Hall–Kier alpha value is -3.02. The zero-order chi connectivity index (χ0) is 20.3. The van der Waals surface area contributed by atoms with Crippen LogP contribution in [0.1, 0.15) is 55.3 Å². The molecule has 28 heavy (non-hydrogen) atoms. The summed E-state index contributed by atoms with van der Waals surface area (Å²) in [6, 6.07) is 11.4. The highest BCUT2D eigenvalue weighted by molar-refractivity contribution is 6.02. The number of amides is 1. The van der Waals surface area contributed by atoms with Gasteiger partial charge in [-0.05, 0) is 49.1 Å². The first-order valence-electron chi connectivity index (χ1n) is 9.43. The number of nitrogens with one attached hydrogen (secondary N) is 1. The fourth-order valence-electron chi connectivity index (χ4n) is 2.86. The predicted octanol–water partition coefficient (Wildman–Crippen LogP) is 4.93. The van der Waals surface area contributed by atoms with Crippen LogP contribution >= 0.6 is 0 Å². The molecule has 2 aromatic heterocycles. The van der Waals surface area contributed by atoms with Crippen LogP contribution in [-0.2, 0) is 18.6 Å². The first kappa shape index (κ1) is 19.7. The number of carbonyl (C=O) groups is 1. The molecule has 3 aromatic rings. The quantitative estimate of drug-likeness (QED) is 0.657. The number of furan rings is 1. The van der Waals surface area contributed by atoms with Crippen molar-refractivity contribution in [2.45, 2.75) is 53.2 Å². The van der Waals surface area contributed by atoms with Gasteiger partial charge in [0.2, 0.25) is 0 Å². The third kappa shape index (κ3) is 4.44. The molecule has 0 aliphatic heterocycles. The lowest BCUT2D eigenvalue weighted by atomic mass is 9.87. The Labute approximate surface area is 165 Å². The number of aryl methyl sites for hydroxylation is 1. The van der Waals surface area contributed by atoms with Crippen LogP contribution in [0.5, 0.6) is 5.75 Å². The molecule has 2 heterocycles. The van der Waals surface area contributed by atoms with E-state index in [0.29, 0.717) is 11.4 Å². The van der Waals surface area contributed by atoms with Crippen molar-refractivity contribution in [3.63, 3.8) is 0 Å². The van der Waals surface area contributed by atoms with E-state index >= 15 is 0 Å². The van der Waals surface area contributed by atoms with Gasteiger partial charge in [0.05, 0.1) is 17.6 Å². The van der Waals surface area contributed by atoms with Gasteiger partial charge in [0, 0.05) is 6.54 Å². The number of hydrogen-bond acceptors (Lipinski definition) is 4. The van der Waals surface area contributed by atoms with E-state index in [1.807, 2.05) is 30.7 Å². The maximum Gasteiger partial charge on any atom is 0.291 e. The summed E-state index contributed by atoms with van der Waals surface area (Å²) in [6.07, 6.45) is 1.64. The van der Waals surface area contributed by atoms with Crippen molar-refractivity contribution in [2.24, 2.45) is 0 Å². The molecule has 0 aliphatic rings. The van der Waals surface area contributed by atoms with Crippen LogP contribution in [0.4, 0.5) is 5.69 Å². The Morgan fingerprint density at radius 3 is 2.50 bits per heavy atom. The highest BCUT2D eigenvalue weighted by Gasteiger charge is 2.15. The average molecular weight is 381 g/mol. The van der Waals surface area contributed by atoms with E-state index in [0.717, 1.165) is 18.0 Å². The molecule has 148 valence electrons. The smallest absolute Gasteiger partial charge is 0.291 e. The van der Waals surface area contributed by atoms with Crippen molar-refractivity contribution in [1.29, 1.82) is 0 Å². The summed E-state index contributed by atoms with van der Waals surface area (Å²) in [4.78, 5) is 12.4. The van der Waals surface area contributed by atoms with Crippen LogP contribution in [0.2, 0.25) is 0 Å². The van der Waals surface area contributed by atoms with Crippen molar-refractivity contribution < 1.29 is 13.9 Å². The molecule has 0 bridgehead atoms. The van der Waals surface area contributed by atoms with Crippen molar-refractivity contribution in [1.82, 2.24) is 9.78 Å². The van der Waals surface area contributed by atoms with E-state index in [4.69, 9.17) is 9.15 Å². The van der Waals surface area contributed by atoms with Gasteiger partial charge in [-0.25, -0.2) is 0 Å². The monoisotopic (exact) mass is 381 g/mol. The molecule has 6 heteroatoms. The molecule has 0 aliphatic carbocycles. The predicted molar refractivity (Wildman–Crippen MR) is 109 cm³/mol. The van der Waals surface area contributed by atoms with Crippen molar-refractivity contribution in [3.05, 3.63) is 65.4 Å². The number of anilines is 1.